The Morgan fingerprint density at radius 2 is 1.12 bits per heavy atom. The maximum absolute atomic E-state index is 12.7. The number of carbonyl (C=O) groups excluding carboxylic acids is 2. The average Bonchev–Trinajstić information content (AvgIpc) is 3.41. The van der Waals surface area contributed by atoms with Gasteiger partial charge in [0.25, 0.3) is 34.6 Å². The molecule has 1 heterocycles. The first kappa shape index (κ1) is 27.9. The molecule has 0 aliphatic rings. The Morgan fingerprint density at radius 3 is 1.59 bits per heavy atom. The van der Waals surface area contributed by atoms with Gasteiger partial charge in [0, 0.05) is 40.9 Å². The molecule has 2 N–H and O–H groups in total. The lowest BCUT2D eigenvalue weighted by Crippen LogP contribution is -2.13. The molecule has 3 aromatic carbocycles. The molecule has 41 heavy (non-hydrogen) atoms. The minimum Gasteiger partial charge on any atom is -0.322 e. The van der Waals surface area contributed by atoms with E-state index in [0.29, 0.717) is 11.3 Å². The molecule has 0 unspecified atom stereocenters. The highest BCUT2D eigenvalue weighted by Crippen LogP contribution is 2.29. The van der Waals surface area contributed by atoms with Crippen LogP contribution in [0.15, 0.2) is 66.0 Å². The number of non-ortho nitro benzene ring substituents is 4. The largest absolute Gasteiger partial charge is 0.322 e. The third-order valence-corrected chi connectivity index (χ3v) is 6.07. The zero-order valence-corrected chi connectivity index (χ0v) is 20.9. The van der Waals surface area contributed by atoms with Crippen molar-refractivity contribution in [1.82, 2.24) is 4.98 Å². The molecule has 0 aliphatic carbocycles. The van der Waals surface area contributed by atoms with Crippen molar-refractivity contribution in [2.24, 2.45) is 0 Å². The Labute approximate surface area is 230 Å². The van der Waals surface area contributed by atoms with Crippen LogP contribution >= 0.6 is 11.3 Å². The first-order valence-corrected chi connectivity index (χ1v) is 11.9. The molecule has 17 nitrogen and oxygen atoms in total. The SMILES string of the molecule is O=C(Nc1cccc(-c2csc(NC(=O)c3cc([N+](=O)[O-])cc([N+](=O)[O-])c3)n2)c1)c1cc([N+](=O)[O-])cc([N+](=O)[O-])c1. The molecule has 0 saturated heterocycles. The summed E-state index contributed by atoms with van der Waals surface area (Å²) < 4.78 is 0. The maximum atomic E-state index is 12.7. The quantitative estimate of drug-likeness (QED) is 0.198. The lowest BCUT2D eigenvalue weighted by Gasteiger charge is -2.07. The lowest BCUT2D eigenvalue weighted by atomic mass is 10.1. The molecule has 1 aromatic heterocycles. The van der Waals surface area contributed by atoms with E-state index < -0.39 is 54.3 Å². The van der Waals surface area contributed by atoms with E-state index in [0.717, 1.165) is 47.7 Å². The normalized spacial score (nSPS) is 10.4. The number of anilines is 2. The van der Waals surface area contributed by atoms with Gasteiger partial charge in [-0.15, -0.1) is 11.3 Å². The molecule has 0 fully saturated rings. The summed E-state index contributed by atoms with van der Waals surface area (Å²) in [7, 11) is 0. The van der Waals surface area contributed by atoms with Crippen molar-refractivity contribution >= 4 is 56.7 Å². The minimum atomic E-state index is -0.871. The Morgan fingerprint density at radius 1 is 0.659 bits per heavy atom. The molecule has 4 rings (SSSR count). The van der Waals surface area contributed by atoms with Crippen molar-refractivity contribution in [3.63, 3.8) is 0 Å². The van der Waals surface area contributed by atoms with E-state index in [4.69, 9.17) is 0 Å². The number of rotatable bonds is 9. The smallest absolute Gasteiger partial charge is 0.277 e. The molecule has 4 aromatic rings. The predicted molar refractivity (Wildman–Crippen MR) is 143 cm³/mol. The van der Waals surface area contributed by atoms with Crippen molar-refractivity contribution in [3.8, 4) is 11.3 Å². The van der Waals surface area contributed by atoms with E-state index in [2.05, 4.69) is 15.6 Å². The molecule has 0 bridgehead atoms. The number of nitrogens with one attached hydrogen (secondary N) is 2. The Bertz CT molecular complexity index is 1710. The number of aromatic nitrogens is 1. The third-order valence-electron chi connectivity index (χ3n) is 5.31. The Kier molecular flexibility index (Phi) is 7.67. The fourth-order valence-electron chi connectivity index (χ4n) is 3.47. The summed E-state index contributed by atoms with van der Waals surface area (Å²) in [5, 5.41) is 50.9. The second kappa shape index (κ2) is 11.3. The van der Waals surface area contributed by atoms with Crippen molar-refractivity contribution in [2.45, 2.75) is 0 Å². The monoisotopic (exact) mass is 579 g/mol. The topological polar surface area (TPSA) is 244 Å². The standard InChI is InChI=1S/C23H13N7O10S/c31-21(13-5-16(27(33)34)9-17(6-13)28(35)36)24-15-3-1-2-12(4-15)20-11-41-23(25-20)26-22(32)14-7-18(29(37)38)10-19(8-14)30(39)40/h1-11H,(H,24,31)(H,25,26,32). The molecule has 18 heteroatoms. The van der Waals surface area contributed by atoms with Gasteiger partial charge in [0.1, 0.15) is 0 Å². The van der Waals surface area contributed by atoms with Gasteiger partial charge in [0.15, 0.2) is 5.13 Å². The summed E-state index contributed by atoms with van der Waals surface area (Å²) in [6.45, 7) is 0. The highest BCUT2D eigenvalue weighted by molar-refractivity contribution is 7.14. The minimum absolute atomic E-state index is 0.0671. The summed E-state index contributed by atoms with van der Waals surface area (Å²) in [6, 6.07) is 11.2. The second-order valence-corrected chi connectivity index (χ2v) is 8.89. The molecular formula is C23H13N7O10S. The number of nitro groups is 4. The summed E-state index contributed by atoms with van der Waals surface area (Å²) in [4.78, 5) is 70.5. The van der Waals surface area contributed by atoms with Crippen LogP contribution in [0.5, 0.6) is 0 Å². The number of hydrogen-bond acceptors (Lipinski definition) is 12. The van der Waals surface area contributed by atoms with Crippen molar-refractivity contribution in [2.75, 3.05) is 10.6 Å². The Balaban J connectivity index is 1.53. The number of thiazole rings is 1. The lowest BCUT2D eigenvalue weighted by molar-refractivity contribution is -0.394. The van der Waals surface area contributed by atoms with E-state index in [1.165, 1.54) is 12.1 Å². The summed E-state index contributed by atoms with van der Waals surface area (Å²) >= 11 is 0.988. The van der Waals surface area contributed by atoms with E-state index in [-0.39, 0.29) is 21.9 Å². The molecular weight excluding hydrogens is 566 g/mol. The van der Waals surface area contributed by atoms with Gasteiger partial charge >= 0.3 is 0 Å². The number of amides is 2. The summed E-state index contributed by atoms with van der Waals surface area (Å²) in [5.41, 5.74) is -2.13. The zero-order valence-electron chi connectivity index (χ0n) is 20.1. The van der Waals surface area contributed by atoms with Gasteiger partial charge in [0.2, 0.25) is 0 Å². The van der Waals surface area contributed by atoms with Gasteiger partial charge in [-0.05, 0) is 12.1 Å². The number of nitrogens with zero attached hydrogens (tertiary/aromatic N) is 5. The molecule has 0 atom stereocenters. The maximum Gasteiger partial charge on any atom is 0.277 e. The number of carbonyl (C=O) groups is 2. The van der Waals surface area contributed by atoms with Crippen LogP contribution in [-0.2, 0) is 0 Å². The van der Waals surface area contributed by atoms with Crippen LogP contribution in [0.2, 0.25) is 0 Å². The van der Waals surface area contributed by atoms with Crippen LogP contribution in [0.3, 0.4) is 0 Å². The third kappa shape index (κ3) is 6.46. The van der Waals surface area contributed by atoms with E-state index in [9.17, 15) is 50.0 Å². The van der Waals surface area contributed by atoms with Crippen LogP contribution in [0.25, 0.3) is 11.3 Å². The highest BCUT2D eigenvalue weighted by Gasteiger charge is 2.22. The number of benzene rings is 3. The van der Waals surface area contributed by atoms with Crippen LogP contribution in [-0.4, -0.2) is 36.5 Å². The Hall–Kier alpha value is -6.17. The molecule has 0 aliphatic heterocycles. The van der Waals surface area contributed by atoms with Crippen LogP contribution in [0.4, 0.5) is 33.6 Å². The van der Waals surface area contributed by atoms with Gasteiger partial charge < -0.3 is 5.32 Å². The van der Waals surface area contributed by atoms with Crippen LogP contribution in [0.1, 0.15) is 20.7 Å². The summed E-state index contributed by atoms with van der Waals surface area (Å²) in [5.74, 6) is -1.71. The van der Waals surface area contributed by atoms with Gasteiger partial charge in [0.05, 0.1) is 48.6 Å². The van der Waals surface area contributed by atoms with Crippen LogP contribution < -0.4 is 10.6 Å². The summed E-state index contributed by atoms with van der Waals surface area (Å²) in [6.07, 6.45) is 0. The average molecular weight is 579 g/mol. The van der Waals surface area contributed by atoms with Gasteiger partial charge in [-0.2, -0.15) is 0 Å². The number of nitro benzene ring substituents is 4. The van der Waals surface area contributed by atoms with Crippen molar-refractivity contribution < 1.29 is 29.3 Å². The van der Waals surface area contributed by atoms with E-state index in [1.807, 2.05) is 0 Å². The highest BCUT2D eigenvalue weighted by atomic mass is 32.1. The molecule has 0 radical (unpaired) electrons. The molecule has 2 amide bonds. The fraction of sp³-hybridized carbons (Fsp3) is 0. The van der Waals surface area contributed by atoms with Crippen LogP contribution in [0, 0.1) is 40.5 Å². The van der Waals surface area contributed by atoms with E-state index in [1.54, 1.807) is 17.5 Å². The molecule has 206 valence electrons. The fourth-order valence-corrected chi connectivity index (χ4v) is 4.18. The van der Waals surface area contributed by atoms with Gasteiger partial charge in [-0.3, -0.25) is 55.4 Å². The predicted octanol–water partition coefficient (Wildman–Crippen LogP) is 4.95. The first-order chi connectivity index (χ1) is 19.4. The van der Waals surface area contributed by atoms with E-state index >= 15 is 0 Å². The molecule has 0 spiro atoms. The second-order valence-electron chi connectivity index (χ2n) is 8.03. The van der Waals surface area contributed by atoms with Gasteiger partial charge in [-0.25, -0.2) is 4.98 Å². The number of hydrogen-bond donors (Lipinski definition) is 2. The van der Waals surface area contributed by atoms with Crippen molar-refractivity contribution in [1.29, 1.82) is 0 Å². The van der Waals surface area contributed by atoms with Gasteiger partial charge in [-0.1, -0.05) is 12.1 Å². The molecule has 0 saturated carbocycles. The van der Waals surface area contributed by atoms with Crippen molar-refractivity contribution in [3.05, 3.63) is 118 Å². The first-order valence-electron chi connectivity index (χ1n) is 11.0. The zero-order chi connectivity index (χ0) is 29.8.